The summed E-state index contributed by atoms with van der Waals surface area (Å²) in [6.07, 6.45) is 10.6. The molecule has 2 aliphatic rings. The normalized spacial score (nSPS) is 23.4. The zero-order valence-corrected chi connectivity index (χ0v) is 16.6. The van der Waals surface area contributed by atoms with Crippen LogP contribution in [0.2, 0.25) is 0 Å². The molecule has 0 radical (unpaired) electrons. The zero-order valence-electron chi connectivity index (χ0n) is 16.6. The number of nitrogens with zero attached hydrogens (tertiary/aromatic N) is 4. The van der Waals surface area contributed by atoms with Crippen LogP contribution in [0.1, 0.15) is 89.9 Å². The van der Waals surface area contributed by atoms with Gasteiger partial charge in [0.1, 0.15) is 18.3 Å². The Morgan fingerprint density at radius 1 is 1.23 bits per heavy atom. The average Bonchev–Trinajstić information content (AvgIpc) is 3.17. The highest BCUT2D eigenvalue weighted by atomic mass is 16.5. The summed E-state index contributed by atoms with van der Waals surface area (Å²) in [5.41, 5.74) is 0. The molecule has 1 aromatic rings. The van der Waals surface area contributed by atoms with Gasteiger partial charge in [-0.15, -0.1) is 10.2 Å². The molecule has 2 unspecified atom stereocenters. The number of amides is 1. The lowest BCUT2D eigenvalue weighted by atomic mass is 9.95. The predicted octanol–water partition coefficient (Wildman–Crippen LogP) is 3.69. The summed E-state index contributed by atoms with van der Waals surface area (Å²) in [4.78, 5) is 15.1. The first-order valence-corrected chi connectivity index (χ1v) is 10.4. The predicted molar refractivity (Wildman–Crippen MR) is 101 cm³/mol. The smallest absolute Gasteiger partial charge is 0.251 e. The van der Waals surface area contributed by atoms with Crippen LogP contribution in [0.3, 0.4) is 0 Å². The van der Waals surface area contributed by atoms with E-state index < -0.39 is 0 Å². The number of hydrogen-bond donors (Lipinski definition) is 0. The van der Waals surface area contributed by atoms with E-state index in [0.717, 1.165) is 51.0 Å². The minimum atomic E-state index is -0.292. The van der Waals surface area contributed by atoms with Crippen molar-refractivity contribution in [3.8, 4) is 0 Å². The second-order valence-electron chi connectivity index (χ2n) is 8.11. The highest BCUT2D eigenvalue weighted by Crippen LogP contribution is 2.28. The Morgan fingerprint density at radius 2 is 2.00 bits per heavy atom. The molecule has 146 valence electrons. The van der Waals surface area contributed by atoms with Crippen LogP contribution in [0, 0.1) is 0 Å². The standard InChI is InChI=1S/C20H34N4O2/c1-4-18(26-17-10-6-5-7-11-17)20(25)23-12-8-9-16(13-23)19-22-21-14-24(19)15(2)3/h14-18H,4-13H2,1-3H3. The quantitative estimate of drug-likeness (QED) is 0.774. The minimum Gasteiger partial charge on any atom is -0.365 e. The van der Waals surface area contributed by atoms with Crippen LogP contribution in [-0.4, -0.2) is 50.9 Å². The molecule has 1 saturated carbocycles. The first-order valence-electron chi connectivity index (χ1n) is 10.4. The summed E-state index contributed by atoms with van der Waals surface area (Å²) in [5.74, 6) is 1.45. The van der Waals surface area contributed by atoms with E-state index in [4.69, 9.17) is 4.74 Å². The number of carbonyl (C=O) groups is 1. The zero-order chi connectivity index (χ0) is 18.5. The maximum atomic E-state index is 13.1. The third kappa shape index (κ3) is 4.45. The fraction of sp³-hybridized carbons (Fsp3) is 0.850. The lowest BCUT2D eigenvalue weighted by Gasteiger charge is -2.36. The van der Waals surface area contributed by atoms with Crippen molar-refractivity contribution in [2.45, 2.75) is 96.3 Å². The van der Waals surface area contributed by atoms with E-state index in [2.05, 4.69) is 35.5 Å². The van der Waals surface area contributed by atoms with Gasteiger partial charge >= 0.3 is 0 Å². The average molecular weight is 363 g/mol. The first-order chi connectivity index (χ1) is 12.6. The van der Waals surface area contributed by atoms with E-state index in [9.17, 15) is 4.79 Å². The molecular weight excluding hydrogens is 328 g/mol. The molecular formula is C20H34N4O2. The van der Waals surface area contributed by atoms with Gasteiger partial charge in [0.05, 0.1) is 6.10 Å². The second kappa shape index (κ2) is 8.98. The molecule has 0 aromatic carbocycles. The molecule has 1 saturated heterocycles. The van der Waals surface area contributed by atoms with Crippen molar-refractivity contribution in [3.63, 3.8) is 0 Å². The van der Waals surface area contributed by atoms with E-state index in [0.29, 0.717) is 6.04 Å². The highest BCUT2D eigenvalue weighted by Gasteiger charge is 2.32. The number of rotatable bonds is 6. The van der Waals surface area contributed by atoms with Gasteiger partial charge in [0, 0.05) is 25.0 Å². The van der Waals surface area contributed by atoms with Crippen molar-refractivity contribution in [2.75, 3.05) is 13.1 Å². The molecule has 0 bridgehead atoms. The minimum absolute atomic E-state index is 0.165. The maximum Gasteiger partial charge on any atom is 0.251 e. The fourth-order valence-electron chi connectivity index (χ4n) is 4.30. The molecule has 1 amide bonds. The largest absolute Gasteiger partial charge is 0.365 e. The van der Waals surface area contributed by atoms with Crippen molar-refractivity contribution < 1.29 is 9.53 Å². The number of hydrogen-bond acceptors (Lipinski definition) is 4. The molecule has 3 rings (SSSR count). The molecule has 1 aliphatic heterocycles. The van der Waals surface area contributed by atoms with Crippen molar-refractivity contribution in [3.05, 3.63) is 12.2 Å². The van der Waals surface area contributed by atoms with E-state index >= 15 is 0 Å². The van der Waals surface area contributed by atoms with Gasteiger partial charge in [-0.3, -0.25) is 4.79 Å². The summed E-state index contributed by atoms with van der Waals surface area (Å²) < 4.78 is 8.35. The summed E-state index contributed by atoms with van der Waals surface area (Å²) in [5, 5.41) is 8.46. The number of aromatic nitrogens is 3. The Hall–Kier alpha value is -1.43. The van der Waals surface area contributed by atoms with E-state index in [1.165, 1.54) is 19.3 Å². The molecule has 2 heterocycles. The van der Waals surface area contributed by atoms with Crippen LogP contribution in [0.5, 0.6) is 0 Å². The van der Waals surface area contributed by atoms with Crippen LogP contribution in [-0.2, 0) is 9.53 Å². The SMILES string of the molecule is CCC(OC1CCCCC1)C(=O)N1CCCC(c2nncn2C(C)C)C1. The Labute approximate surface area is 157 Å². The summed E-state index contributed by atoms with van der Waals surface area (Å²) >= 11 is 0. The van der Waals surface area contributed by atoms with Gasteiger partial charge in [0.25, 0.3) is 5.91 Å². The number of ether oxygens (including phenoxy) is 1. The van der Waals surface area contributed by atoms with Crippen molar-refractivity contribution in [1.82, 2.24) is 19.7 Å². The lowest BCUT2D eigenvalue weighted by Crippen LogP contribution is -2.46. The Bertz CT molecular complexity index is 580. The second-order valence-corrected chi connectivity index (χ2v) is 8.11. The Morgan fingerprint density at radius 3 is 2.69 bits per heavy atom. The molecule has 2 fully saturated rings. The van der Waals surface area contributed by atoms with Crippen molar-refractivity contribution in [2.24, 2.45) is 0 Å². The van der Waals surface area contributed by atoms with Crippen LogP contribution in [0.25, 0.3) is 0 Å². The highest BCUT2D eigenvalue weighted by molar-refractivity contribution is 5.81. The van der Waals surface area contributed by atoms with Crippen molar-refractivity contribution in [1.29, 1.82) is 0 Å². The molecule has 26 heavy (non-hydrogen) atoms. The van der Waals surface area contributed by atoms with Gasteiger partial charge in [-0.1, -0.05) is 26.2 Å². The summed E-state index contributed by atoms with van der Waals surface area (Å²) in [6.45, 7) is 7.90. The van der Waals surface area contributed by atoms with Gasteiger partial charge < -0.3 is 14.2 Å². The Kier molecular flexibility index (Phi) is 6.68. The molecule has 6 nitrogen and oxygen atoms in total. The molecule has 6 heteroatoms. The van der Waals surface area contributed by atoms with Crippen LogP contribution in [0.4, 0.5) is 0 Å². The van der Waals surface area contributed by atoms with Crippen LogP contribution >= 0.6 is 0 Å². The molecule has 1 aromatic heterocycles. The van der Waals surface area contributed by atoms with E-state index in [1.54, 1.807) is 0 Å². The van der Waals surface area contributed by atoms with Crippen LogP contribution in [0.15, 0.2) is 6.33 Å². The lowest BCUT2D eigenvalue weighted by molar-refractivity contribution is -0.150. The number of likely N-dealkylation sites (tertiary alicyclic amines) is 1. The van der Waals surface area contributed by atoms with Gasteiger partial charge in [-0.25, -0.2) is 0 Å². The molecule has 1 aliphatic carbocycles. The Balaban J connectivity index is 1.63. The maximum absolute atomic E-state index is 13.1. The van der Waals surface area contributed by atoms with Gasteiger partial charge in [-0.05, 0) is 46.0 Å². The molecule has 0 spiro atoms. The number of carbonyl (C=O) groups excluding carboxylic acids is 1. The summed E-state index contributed by atoms with van der Waals surface area (Å²) in [6, 6.07) is 0.337. The van der Waals surface area contributed by atoms with E-state index in [-0.39, 0.29) is 24.0 Å². The number of piperidine rings is 1. The molecule has 0 N–H and O–H groups in total. The van der Waals surface area contributed by atoms with Gasteiger partial charge in [0.2, 0.25) is 0 Å². The monoisotopic (exact) mass is 362 g/mol. The van der Waals surface area contributed by atoms with Crippen molar-refractivity contribution >= 4 is 5.91 Å². The molecule has 2 atom stereocenters. The van der Waals surface area contributed by atoms with Gasteiger partial charge in [0.15, 0.2) is 0 Å². The van der Waals surface area contributed by atoms with Gasteiger partial charge in [-0.2, -0.15) is 0 Å². The van der Waals surface area contributed by atoms with E-state index in [1.807, 2.05) is 11.2 Å². The third-order valence-corrected chi connectivity index (χ3v) is 5.81. The van der Waals surface area contributed by atoms with Crippen LogP contribution < -0.4 is 0 Å². The first kappa shape index (κ1) is 19.3. The topological polar surface area (TPSA) is 60.2 Å². The fourth-order valence-corrected chi connectivity index (χ4v) is 4.30. The third-order valence-electron chi connectivity index (χ3n) is 5.81. The summed E-state index contributed by atoms with van der Waals surface area (Å²) in [7, 11) is 0.